The van der Waals surface area contributed by atoms with Crippen molar-refractivity contribution in [3.8, 4) is 0 Å². The minimum atomic E-state index is -0.897. The van der Waals surface area contributed by atoms with E-state index in [0.29, 0.717) is 13.0 Å². The molecule has 0 aromatic carbocycles. The summed E-state index contributed by atoms with van der Waals surface area (Å²) in [7, 11) is 0. The Morgan fingerprint density at radius 3 is 2.79 bits per heavy atom. The third-order valence-electron chi connectivity index (χ3n) is 1.95. The molecule has 0 amide bonds. The van der Waals surface area contributed by atoms with Gasteiger partial charge in [0.1, 0.15) is 0 Å². The van der Waals surface area contributed by atoms with E-state index in [1.807, 2.05) is 6.92 Å². The fraction of sp³-hybridized carbons (Fsp3) is 0.889. The number of hydrogen-bond acceptors (Lipinski definition) is 5. The highest BCUT2D eigenvalue weighted by atomic mass is 16.7. The van der Waals surface area contributed by atoms with E-state index in [1.165, 1.54) is 0 Å². The highest BCUT2D eigenvalue weighted by Gasteiger charge is 2.40. The van der Waals surface area contributed by atoms with Crippen LogP contribution in [-0.4, -0.2) is 42.8 Å². The van der Waals surface area contributed by atoms with Crippen molar-refractivity contribution in [2.24, 2.45) is 0 Å². The minimum absolute atomic E-state index is 0.282. The number of carbonyl (C=O) groups excluding carboxylic acids is 1. The normalized spacial score (nSPS) is 31.8. The maximum absolute atomic E-state index is 11.2. The van der Waals surface area contributed by atoms with Crippen molar-refractivity contribution >= 4 is 5.97 Å². The van der Waals surface area contributed by atoms with Crippen LogP contribution in [0.25, 0.3) is 0 Å². The van der Waals surface area contributed by atoms with Crippen LogP contribution < -0.4 is 0 Å². The number of esters is 1. The van der Waals surface area contributed by atoms with Crippen LogP contribution in [0.2, 0.25) is 0 Å². The first-order chi connectivity index (χ1) is 6.69. The smallest absolute Gasteiger partial charge is 0.338 e. The van der Waals surface area contributed by atoms with Crippen molar-refractivity contribution < 1.29 is 24.1 Å². The lowest BCUT2D eigenvalue weighted by atomic mass is 10.2. The summed E-state index contributed by atoms with van der Waals surface area (Å²) in [4.78, 5) is 11.2. The predicted octanol–water partition coefficient (Wildman–Crippen LogP) is 0.0619. The van der Waals surface area contributed by atoms with Gasteiger partial charge in [0, 0.05) is 13.0 Å². The van der Waals surface area contributed by atoms with Crippen LogP contribution in [-0.2, 0) is 19.0 Å². The van der Waals surface area contributed by atoms with E-state index in [2.05, 4.69) is 0 Å². The molecule has 0 aliphatic carbocycles. The van der Waals surface area contributed by atoms with E-state index in [4.69, 9.17) is 14.2 Å². The third-order valence-corrected chi connectivity index (χ3v) is 1.95. The molecule has 5 nitrogen and oxygen atoms in total. The topological polar surface area (TPSA) is 65.0 Å². The Morgan fingerprint density at radius 2 is 2.21 bits per heavy atom. The van der Waals surface area contributed by atoms with Gasteiger partial charge in [0.05, 0.1) is 12.7 Å². The van der Waals surface area contributed by atoms with Crippen LogP contribution in [0.3, 0.4) is 0 Å². The van der Waals surface area contributed by atoms with E-state index < -0.39 is 24.5 Å². The summed E-state index contributed by atoms with van der Waals surface area (Å²) in [6.45, 7) is 4.31. The quantitative estimate of drug-likeness (QED) is 0.656. The number of rotatable bonds is 4. The third kappa shape index (κ3) is 2.67. The molecule has 0 aromatic heterocycles. The molecule has 5 heteroatoms. The lowest BCUT2D eigenvalue weighted by molar-refractivity contribution is -0.175. The summed E-state index contributed by atoms with van der Waals surface area (Å²) in [5, 5.41) is 9.48. The summed E-state index contributed by atoms with van der Waals surface area (Å²) in [6, 6.07) is 0. The summed E-state index contributed by atoms with van der Waals surface area (Å²) < 4.78 is 15.1. The van der Waals surface area contributed by atoms with Crippen LogP contribution >= 0.6 is 0 Å². The van der Waals surface area contributed by atoms with Gasteiger partial charge in [-0.3, -0.25) is 0 Å². The number of carbonyl (C=O) groups is 1. The molecule has 3 atom stereocenters. The fourth-order valence-corrected chi connectivity index (χ4v) is 1.36. The van der Waals surface area contributed by atoms with Crippen molar-refractivity contribution in [1.82, 2.24) is 0 Å². The molecule has 0 radical (unpaired) electrons. The molecule has 1 unspecified atom stereocenters. The summed E-state index contributed by atoms with van der Waals surface area (Å²) in [5.74, 6) is -0.526. The Labute approximate surface area is 82.9 Å². The van der Waals surface area contributed by atoms with Gasteiger partial charge in [0.2, 0.25) is 0 Å². The molecule has 1 rings (SSSR count). The van der Waals surface area contributed by atoms with Gasteiger partial charge in [-0.2, -0.15) is 0 Å². The first-order valence-electron chi connectivity index (χ1n) is 4.80. The van der Waals surface area contributed by atoms with Crippen LogP contribution in [0.5, 0.6) is 0 Å². The van der Waals surface area contributed by atoms with E-state index in [-0.39, 0.29) is 6.61 Å². The molecule has 1 aliphatic rings. The molecule has 14 heavy (non-hydrogen) atoms. The monoisotopic (exact) mass is 204 g/mol. The predicted molar refractivity (Wildman–Crippen MR) is 47.5 cm³/mol. The van der Waals surface area contributed by atoms with Gasteiger partial charge >= 0.3 is 5.97 Å². The lowest BCUT2D eigenvalue weighted by Gasteiger charge is -2.12. The van der Waals surface area contributed by atoms with Gasteiger partial charge in [-0.05, 0) is 13.8 Å². The Hall–Kier alpha value is -0.650. The fourth-order valence-electron chi connectivity index (χ4n) is 1.36. The van der Waals surface area contributed by atoms with Crippen molar-refractivity contribution in [3.05, 3.63) is 0 Å². The lowest BCUT2D eigenvalue weighted by Crippen LogP contribution is -2.32. The largest absolute Gasteiger partial charge is 0.464 e. The summed E-state index contributed by atoms with van der Waals surface area (Å²) >= 11 is 0. The molecule has 1 heterocycles. The minimum Gasteiger partial charge on any atom is -0.464 e. The molecule has 0 bridgehead atoms. The van der Waals surface area contributed by atoms with Crippen molar-refractivity contribution in [2.45, 2.75) is 38.8 Å². The number of ether oxygens (including phenoxy) is 3. The van der Waals surface area contributed by atoms with E-state index in [9.17, 15) is 9.90 Å². The summed E-state index contributed by atoms with van der Waals surface area (Å²) in [5.41, 5.74) is 0. The second kappa shape index (κ2) is 5.29. The second-order valence-corrected chi connectivity index (χ2v) is 3.00. The molecule has 1 N–H and O–H groups in total. The maximum Gasteiger partial charge on any atom is 0.338 e. The average molecular weight is 204 g/mol. The first-order valence-corrected chi connectivity index (χ1v) is 4.80. The van der Waals surface area contributed by atoms with Gasteiger partial charge in [0.15, 0.2) is 12.4 Å². The van der Waals surface area contributed by atoms with Crippen LogP contribution in [0.1, 0.15) is 20.3 Å². The molecule has 1 saturated heterocycles. The second-order valence-electron chi connectivity index (χ2n) is 3.00. The Balaban J connectivity index is 2.43. The van der Waals surface area contributed by atoms with E-state index >= 15 is 0 Å². The zero-order valence-corrected chi connectivity index (χ0v) is 8.43. The number of aliphatic hydroxyl groups is 1. The Bertz CT molecular complexity index is 194. The molecular formula is C9H16O5. The highest BCUT2D eigenvalue weighted by Crippen LogP contribution is 2.22. The first kappa shape index (κ1) is 11.4. The zero-order chi connectivity index (χ0) is 10.6. The van der Waals surface area contributed by atoms with Crippen LogP contribution in [0.15, 0.2) is 0 Å². The van der Waals surface area contributed by atoms with Crippen LogP contribution in [0, 0.1) is 0 Å². The van der Waals surface area contributed by atoms with E-state index in [0.717, 1.165) is 0 Å². The van der Waals surface area contributed by atoms with Crippen molar-refractivity contribution in [1.29, 1.82) is 0 Å². The molecule has 0 saturated carbocycles. The van der Waals surface area contributed by atoms with Crippen molar-refractivity contribution in [2.75, 3.05) is 13.2 Å². The standard InChI is InChI=1S/C9H16O5/c1-3-12-7-5-6(10)8(14-7)9(11)13-4-2/h6-8,10H,3-5H2,1-2H3/t6-,7?,8-/m1/s1. The Morgan fingerprint density at radius 1 is 1.50 bits per heavy atom. The molecule has 0 spiro atoms. The van der Waals surface area contributed by atoms with E-state index in [1.54, 1.807) is 6.92 Å². The van der Waals surface area contributed by atoms with Crippen molar-refractivity contribution in [3.63, 3.8) is 0 Å². The molecule has 1 aliphatic heterocycles. The SMILES string of the molecule is CCOC(=O)[C@@H]1OC(OCC)C[C@H]1O. The van der Waals surface area contributed by atoms with Gasteiger partial charge in [-0.25, -0.2) is 4.79 Å². The van der Waals surface area contributed by atoms with Crippen LogP contribution in [0.4, 0.5) is 0 Å². The molecule has 82 valence electrons. The molecule has 1 fully saturated rings. The highest BCUT2D eigenvalue weighted by molar-refractivity contribution is 5.75. The number of aliphatic hydroxyl groups excluding tert-OH is 1. The number of hydrogen-bond donors (Lipinski definition) is 1. The van der Waals surface area contributed by atoms with Gasteiger partial charge in [0.25, 0.3) is 0 Å². The maximum atomic E-state index is 11.2. The zero-order valence-electron chi connectivity index (χ0n) is 8.43. The Kier molecular flexibility index (Phi) is 4.31. The molecule has 0 aromatic rings. The van der Waals surface area contributed by atoms with Gasteiger partial charge in [-0.15, -0.1) is 0 Å². The molecular weight excluding hydrogens is 188 g/mol. The van der Waals surface area contributed by atoms with Gasteiger partial charge < -0.3 is 19.3 Å². The summed E-state index contributed by atoms with van der Waals surface area (Å²) in [6.07, 6.45) is -1.90. The van der Waals surface area contributed by atoms with Gasteiger partial charge in [-0.1, -0.05) is 0 Å². The average Bonchev–Trinajstić information content (AvgIpc) is 2.48.